The molecular weight excluding hydrogens is 372 g/mol. The van der Waals surface area contributed by atoms with Crippen molar-refractivity contribution in [1.29, 1.82) is 0 Å². The molecule has 1 aromatic rings. The SMILES string of the molecule is CC1(NC(=O)C2CCN(S(=O)(=O)c3ccccc3C(=O)O)CC2)CCOC1. The van der Waals surface area contributed by atoms with Crippen molar-refractivity contribution >= 4 is 21.9 Å². The third-order valence-electron chi connectivity index (χ3n) is 5.20. The highest BCUT2D eigenvalue weighted by Crippen LogP contribution is 2.27. The van der Waals surface area contributed by atoms with Gasteiger partial charge in [-0.05, 0) is 38.3 Å². The Morgan fingerprint density at radius 2 is 1.93 bits per heavy atom. The van der Waals surface area contributed by atoms with Crippen molar-refractivity contribution in [3.63, 3.8) is 0 Å². The number of rotatable bonds is 5. The number of hydrogen-bond acceptors (Lipinski definition) is 5. The molecule has 27 heavy (non-hydrogen) atoms. The fraction of sp³-hybridized carbons (Fsp3) is 0.556. The largest absolute Gasteiger partial charge is 0.478 e. The molecule has 2 aliphatic rings. The first kappa shape index (κ1) is 19.8. The van der Waals surface area contributed by atoms with E-state index in [4.69, 9.17) is 4.74 Å². The summed E-state index contributed by atoms with van der Waals surface area (Å²) in [6.45, 7) is 3.41. The number of nitrogens with one attached hydrogen (secondary N) is 1. The zero-order chi connectivity index (χ0) is 19.7. The molecule has 1 atom stereocenters. The molecule has 0 radical (unpaired) electrons. The molecule has 3 rings (SSSR count). The zero-order valence-electron chi connectivity index (χ0n) is 15.2. The van der Waals surface area contributed by atoms with E-state index in [-0.39, 0.29) is 40.9 Å². The highest BCUT2D eigenvalue weighted by atomic mass is 32.2. The summed E-state index contributed by atoms with van der Waals surface area (Å²) in [5.74, 6) is -1.62. The number of hydrogen-bond donors (Lipinski definition) is 2. The maximum absolute atomic E-state index is 12.9. The van der Waals surface area contributed by atoms with E-state index in [1.165, 1.54) is 28.6 Å². The molecule has 8 nitrogen and oxygen atoms in total. The van der Waals surface area contributed by atoms with Gasteiger partial charge in [0.2, 0.25) is 15.9 Å². The molecule has 0 spiro atoms. The minimum atomic E-state index is -3.92. The summed E-state index contributed by atoms with van der Waals surface area (Å²) >= 11 is 0. The van der Waals surface area contributed by atoms with Crippen molar-refractivity contribution in [3.05, 3.63) is 29.8 Å². The monoisotopic (exact) mass is 396 g/mol. The van der Waals surface area contributed by atoms with Crippen molar-refractivity contribution < 1.29 is 27.9 Å². The lowest BCUT2D eigenvalue weighted by molar-refractivity contribution is -0.128. The van der Waals surface area contributed by atoms with Gasteiger partial charge in [-0.15, -0.1) is 0 Å². The number of carboxylic acid groups (broad SMARTS) is 1. The standard InChI is InChI=1S/C18H24N2O6S/c1-18(8-11-26-12-18)19-16(21)13-6-9-20(10-7-13)27(24,25)15-5-3-2-4-14(15)17(22)23/h2-5,13H,6-12H2,1H3,(H,19,21)(H,22,23). The molecule has 2 fully saturated rings. The average molecular weight is 396 g/mol. The van der Waals surface area contributed by atoms with Crippen molar-refractivity contribution in [2.75, 3.05) is 26.3 Å². The van der Waals surface area contributed by atoms with E-state index in [2.05, 4.69) is 5.32 Å². The van der Waals surface area contributed by atoms with Crippen molar-refractivity contribution in [1.82, 2.24) is 9.62 Å². The molecule has 0 aromatic heterocycles. The normalized spacial score (nSPS) is 24.6. The smallest absolute Gasteiger partial charge is 0.337 e. The molecule has 1 aromatic carbocycles. The predicted octanol–water partition coefficient (Wildman–Crippen LogP) is 1.08. The number of piperidine rings is 1. The average Bonchev–Trinajstić information content (AvgIpc) is 3.07. The van der Waals surface area contributed by atoms with Gasteiger partial charge in [0.1, 0.15) is 0 Å². The lowest BCUT2D eigenvalue weighted by Gasteiger charge is -2.33. The number of amides is 1. The van der Waals surface area contributed by atoms with Crippen LogP contribution in [0.15, 0.2) is 29.2 Å². The summed E-state index contributed by atoms with van der Waals surface area (Å²) in [5.41, 5.74) is -0.604. The predicted molar refractivity (Wildman–Crippen MR) is 96.9 cm³/mol. The second-order valence-electron chi connectivity index (χ2n) is 7.33. The number of carbonyl (C=O) groups is 2. The number of sulfonamides is 1. The van der Waals surface area contributed by atoms with E-state index in [0.717, 1.165) is 6.42 Å². The third-order valence-corrected chi connectivity index (χ3v) is 7.16. The van der Waals surface area contributed by atoms with Gasteiger partial charge < -0.3 is 15.2 Å². The van der Waals surface area contributed by atoms with E-state index in [1.807, 2.05) is 6.92 Å². The Labute approximate surface area is 158 Å². The molecular formula is C18H24N2O6S. The Balaban J connectivity index is 1.66. The fourth-order valence-corrected chi connectivity index (χ4v) is 5.18. The molecule has 2 heterocycles. The molecule has 1 amide bonds. The van der Waals surface area contributed by atoms with Crippen LogP contribution in [0.1, 0.15) is 36.5 Å². The number of benzene rings is 1. The molecule has 2 N–H and O–H groups in total. The third kappa shape index (κ3) is 4.15. The van der Waals surface area contributed by atoms with Crippen molar-refractivity contribution in [2.24, 2.45) is 5.92 Å². The molecule has 0 aliphatic carbocycles. The van der Waals surface area contributed by atoms with Gasteiger partial charge in [0.15, 0.2) is 0 Å². The Morgan fingerprint density at radius 3 is 2.52 bits per heavy atom. The summed E-state index contributed by atoms with van der Waals surface area (Å²) < 4.78 is 32.3. The zero-order valence-corrected chi connectivity index (χ0v) is 16.0. The summed E-state index contributed by atoms with van der Waals surface area (Å²) in [6.07, 6.45) is 1.56. The fourth-order valence-electron chi connectivity index (χ4n) is 3.53. The van der Waals surface area contributed by atoms with Gasteiger partial charge in [0, 0.05) is 25.6 Å². The van der Waals surface area contributed by atoms with Gasteiger partial charge in [-0.2, -0.15) is 4.31 Å². The van der Waals surface area contributed by atoms with Gasteiger partial charge >= 0.3 is 5.97 Å². The van der Waals surface area contributed by atoms with Gasteiger partial charge in [-0.1, -0.05) is 12.1 Å². The van der Waals surface area contributed by atoms with Gasteiger partial charge in [0.25, 0.3) is 0 Å². The molecule has 2 saturated heterocycles. The Morgan fingerprint density at radius 1 is 1.26 bits per heavy atom. The van der Waals surface area contributed by atoms with Crippen LogP contribution in [0.3, 0.4) is 0 Å². The van der Waals surface area contributed by atoms with Gasteiger partial charge in [-0.25, -0.2) is 13.2 Å². The summed E-state index contributed by atoms with van der Waals surface area (Å²) in [6, 6.07) is 5.58. The van der Waals surface area contributed by atoms with Crippen LogP contribution in [-0.4, -0.2) is 61.5 Å². The van der Waals surface area contributed by atoms with E-state index >= 15 is 0 Å². The molecule has 0 bridgehead atoms. The maximum Gasteiger partial charge on any atom is 0.337 e. The van der Waals surface area contributed by atoms with Crippen molar-refractivity contribution in [3.8, 4) is 0 Å². The van der Waals surface area contributed by atoms with E-state index in [1.54, 1.807) is 0 Å². The minimum absolute atomic E-state index is 0.0778. The highest BCUT2D eigenvalue weighted by Gasteiger charge is 2.37. The first-order valence-electron chi connectivity index (χ1n) is 8.95. The topological polar surface area (TPSA) is 113 Å². The Hall–Kier alpha value is -1.97. The first-order valence-corrected chi connectivity index (χ1v) is 10.4. The Bertz CT molecular complexity index is 824. The van der Waals surface area contributed by atoms with E-state index in [0.29, 0.717) is 26.1 Å². The summed E-state index contributed by atoms with van der Waals surface area (Å²) in [5, 5.41) is 12.3. The van der Waals surface area contributed by atoms with Crippen LogP contribution >= 0.6 is 0 Å². The molecule has 9 heteroatoms. The second kappa shape index (κ2) is 7.57. The molecule has 1 unspecified atom stereocenters. The van der Waals surface area contributed by atoms with Crippen LogP contribution in [0.25, 0.3) is 0 Å². The number of nitrogens with zero attached hydrogens (tertiary/aromatic N) is 1. The van der Waals surface area contributed by atoms with Crippen LogP contribution in [0.5, 0.6) is 0 Å². The van der Waals surface area contributed by atoms with E-state index in [9.17, 15) is 23.1 Å². The number of ether oxygens (including phenoxy) is 1. The first-order chi connectivity index (χ1) is 12.7. The number of carboxylic acids is 1. The van der Waals surface area contributed by atoms with Gasteiger partial charge in [0.05, 0.1) is 22.6 Å². The molecule has 148 valence electrons. The van der Waals surface area contributed by atoms with Crippen LogP contribution < -0.4 is 5.32 Å². The van der Waals surface area contributed by atoms with E-state index < -0.39 is 16.0 Å². The minimum Gasteiger partial charge on any atom is -0.478 e. The van der Waals surface area contributed by atoms with Crippen LogP contribution in [0.2, 0.25) is 0 Å². The van der Waals surface area contributed by atoms with Gasteiger partial charge in [-0.3, -0.25) is 4.79 Å². The highest BCUT2D eigenvalue weighted by molar-refractivity contribution is 7.89. The Kier molecular flexibility index (Phi) is 5.55. The maximum atomic E-state index is 12.9. The molecule has 2 aliphatic heterocycles. The summed E-state index contributed by atoms with van der Waals surface area (Å²) in [4.78, 5) is 23.6. The second-order valence-corrected chi connectivity index (χ2v) is 9.24. The lowest BCUT2D eigenvalue weighted by Crippen LogP contribution is -2.51. The molecule has 0 saturated carbocycles. The van der Waals surface area contributed by atoms with Crippen LogP contribution in [-0.2, 0) is 19.6 Å². The van der Waals surface area contributed by atoms with Crippen molar-refractivity contribution in [2.45, 2.75) is 36.6 Å². The summed E-state index contributed by atoms with van der Waals surface area (Å²) in [7, 11) is -3.92. The van der Waals surface area contributed by atoms with Crippen LogP contribution in [0.4, 0.5) is 0 Å². The lowest BCUT2D eigenvalue weighted by atomic mass is 9.94. The number of carbonyl (C=O) groups excluding carboxylic acids is 1. The van der Waals surface area contributed by atoms with Crippen LogP contribution in [0, 0.1) is 5.92 Å². The quantitative estimate of drug-likeness (QED) is 0.770. The number of aromatic carboxylic acids is 1.